The Kier molecular flexibility index (Phi) is 12.9. The molecule has 0 unspecified atom stereocenters. The second-order valence-corrected chi connectivity index (χ2v) is 10.9. The molecule has 12 nitrogen and oxygen atoms in total. The molecule has 0 spiro atoms. The molecule has 3 rings (SSSR count). The van der Waals surface area contributed by atoms with Gasteiger partial charge in [0.25, 0.3) is 0 Å². The van der Waals surface area contributed by atoms with Gasteiger partial charge >= 0.3 is 13.9 Å². The third kappa shape index (κ3) is 10.3. The third-order valence-electron chi connectivity index (χ3n) is 5.99. The number of aliphatic hydroxyl groups excluding tert-OH is 1. The van der Waals surface area contributed by atoms with Crippen molar-refractivity contribution < 1.29 is 46.3 Å². The summed E-state index contributed by atoms with van der Waals surface area (Å²) in [4.78, 5) is 29.4. The van der Waals surface area contributed by atoms with Gasteiger partial charge in [0.2, 0.25) is 5.91 Å². The predicted octanol–water partition coefficient (Wildman–Crippen LogP) is 4.93. The lowest BCUT2D eigenvalue weighted by atomic mass is 10.1. The van der Waals surface area contributed by atoms with Gasteiger partial charge in [-0.15, -0.1) is 0 Å². The fourth-order valence-corrected chi connectivity index (χ4v) is 5.26. The Morgan fingerprint density at radius 1 is 1.02 bits per heavy atom. The average molecular weight is 625 g/mol. The molecule has 43 heavy (non-hydrogen) atoms. The summed E-state index contributed by atoms with van der Waals surface area (Å²) >= 11 is 0. The molecule has 1 heterocycles. The van der Waals surface area contributed by atoms with Crippen molar-refractivity contribution in [2.24, 2.45) is 0 Å². The van der Waals surface area contributed by atoms with E-state index in [2.05, 4.69) is 15.7 Å². The van der Waals surface area contributed by atoms with E-state index in [1.807, 2.05) is 24.3 Å². The zero-order valence-electron chi connectivity index (χ0n) is 24.0. The number of pyridine rings is 1. The number of phosphoric acid groups is 1. The molecular formula is C28H35F2N4O8P. The van der Waals surface area contributed by atoms with Gasteiger partial charge in [-0.2, -0.15) is 0 Å². The number of nitrogens with zero attached hydrogens (tertiary/aromatic N) is 2. The summed E-state index contributed by atoms with van der Waals surface area (Å²) in [5, 5.41) is 16.0. The van der Waals surface area contributed by atoms with Crippen LogP contribution in [0.15, 0.2) is 54.7 Å². The van der Waals surface area contributed by atoms with E-state index < -0.39 is 56.8 Å². The molecule has 15 heteroatoms. The zero-order chi connectivity index (χ0) is 31.4. The highest BCUT2D eigenvalue weighted by atomic mass is 31.2. The lowest BCUT2D eigenvalue weighted by Crippen LogP contribution is -2.52. The molecule has 0 radical (unpaired) electrons. The molecule has 3 aromatic rings. The summed E-state index contributed by atoms with van der Waals surface area (Å²) in [6, 6.07) is 11.6. The number of phosphoric ester groups is 1. The maximum atomic E-state index is 14.3. The number of rotatable bonds is 16. The Balaban J connectivity index is 1.73. The second kappa shape index (κ2) is 16.4. The maximum absolute atomic E-state index is 14.3. The number of nitrogens with one attached hydrogen (secondary N) is 2. The summed E-state index contributed by atoms with van der Waals surface area (Å²) in [6.45, 7) is 3.19. The van der Waals surface area contributed by atoms with Crippen LogP contribution in [0.4, 0.5) is 19.4 Å². The Morgan fingerprint density at radius 3 is 2.40 bits per heavy atom. The molecule has 0 bridgehead atoms. The number of carbonyl (C=O) groups excluding carboxylic acids is 2. The SMILES string of the molecule is CCOP(=O)(OCC)OC[C@H](O)C[C@@H](COC(=O)Nc1cc2ccccc2cn1)N(NCc1cccc(F)c1F)C(C)=O. The third-order valence-corrected chi connectivity index (χ3v) is 7.60. The normalized spacial score (nSPS) is 13.0. The van der Waals surface area contributed by atoms with Gasteiger partial charge in [0.1, 0.15) is 12.4 Å². The number of anilines is 1. The van der Waals surface area contributed by atoms with E-state index in [1.54, 1.807) is 26.1 Å². The van der Waals surface area contributed by atoms with Gasteiger partial charge in [-0.05, 0) is 31.4 Å². The number of hydrogen-bond donors (Lipinski definition) is 3. The van der Waals surface area contributed by atoms with Crippen molar-refractivity contribution in [3.05, 3.63) is 71.9 Å². The van der Waals surface area contributed by atoms with Crippen molar-refractivity contribution in [2.45, 2.75) is 45.9 Å². The predicted molar refractivity (Wildman–Crippen MR) is 154 cm³/mol. The molecule has 0 fully saturated rings. The van der Waals surface area contributed by atoms with Gasteiger partial charge in [0.15, 0.2) is 11.6 Å². The van der Waals surface area contributed by atoms with Crippen molar-refractivity contribution in [2.75, 3.05) is 31.7 Å². The van der Waals surface area contributed by atoms with E-state index in [4.69, 9.17) is 18.3 Å². The summed E-state index contributed by atoms with van der Waals surface area (Å²) in [5.74, 6) is -2.51. The fourth-order valence-electron chi connectivity index (χ4n) is 4.05. The average Bonchev–Trinajstić information content (AvgIpc) is 2.97. The number of hydrogen-bond acceptors (Lipinski definition) is 10. The first-order chi connectivity index (χ1) is 20.5. The van der Waals surface area contributed by atoms with Crippen LogP contribution in [0.3, 0.4) is 0 Å². The number of amides is 2. The van der Waals surface area contributed by atoms with Gasteiger partial charge in [-0.25, -0.2) is 28.6 Å². The Hall–Kier alpha value is -3.52. The van der Waals surface area contributed by atoms with Crippen LogP contribution in [0, 0.1) is 11.6 Å². The topological polar surface area (TPSA) is 149 Å². The van der Waals surface area contributed by atoms with Crippen molar-refractivity contribution in [3.63, 3.8) is 0 Å². The highest BCUT2D eigenvalue weighted by Crippen LogP contribution is 2.49. The number of hydrazine groups is 1. The van der Waals surface area contributed by atoms with E-state index in [1.165, 1.54) is 19.1 Å². The number of fused-ring (bicyclic) bond motifs is 1. The van der Waals surface area contributed by atoms with Gasteiger partial charge in [0, 0.05) is 37.0 Å². The number of carbonyl (C=O) groups is 2. The quantitative estimate of drug-likeness (QED) is 0.148. The van der Waals surface area contributed by atoms with Crippen molar-refractivity contribution in [1.82, 2.24) is 15.4 Å². The maximum Gasteiger partial charge on any atom is 0.474 e. The van der Waals surface area contributed by atoms with Crippen molar-refractivity contribution >= 4 is 36.4 Å². The summed E-state index contributed by atoms with van der Waals surface area (Å²) in [5.41, 5.74) is 2.65. The Morgan fingerprint density at radius 2 is 1.72 bits per heavy atom. The molecule has 2 atom stereocenters. The molecule has 0 saturated carbocycles. The highest BCUT2D eigenvalue weighted by Gasteiger charge is 2.30. The monoisotopic (exact) mass is 624 g/mol. The van der Waals surface area contributed by atoms with Crippen molar-refractivity contribution in [3.8, 4) is 0 Å². The van der Waals surface area contributed by atoms with Crippen LogP contribution in [0.2, 0.25) is 0 Å². The summed E-state index contributed by atoms with van der Waals surface area (Å²) in [7, 11) is -3.95. The van der Waals surface area contributed by atoms with Crippen LogP contribution in [-0.2, 0) is 34.2 Å². The van der Waals surface area contributed by atoms with E-state index in [9.17, 15) is 28.0 Å². The number of ether oxygens (including phenoxy) is 1. The molecular weight excluding hydrogens is 589 g/mol. The van der Waals surface area contributed by atoms with Crippen LogP contribution < -0.4 is 10.7 Å². The second-order valence-electron chi connectivity index (χ2n) is 9.20. The molecule has 0 aliphatic rings. The number of aromatic nitrogens is 1. The summed E-state index contributed by atoms with van der Waals surface area (Å²) < 4.78 is 61.3. The summed E-state index contributed by atoms with van der Waals surface area (Å²) in [6.07, 6.45) is -0.906. The minimum atomic E-state index is -3.95. The van der Waals surface area contributed by atoms with E-state index >= 15 is 0 Å². The van der Waals surface area contributed by atoms with E-state index in [0.717, 1.165) is 21.8 Å². The number of halogens is 2. The zero-order valence-corrected chi connectivity index (χ0v) is 24.9. The smallest absolute Gasteiger partial charge is 0.447 e. The molecule has 1 aromatic heterocycles. The molecule has 0 aliphatic heterocycles. The first-order valence-corrected chi connectivity index (χ1v) is 15.0. The van der Waals surface area contributed by atoms with Crippen LogP contribution in [0.25, 0.3) is 10.8 Å². The Bertz CT molecular complexity index is 1420. The van der Waals surface area contributed by atoms with Crippen LogP contribution in [-0.4, -0.2) is 65.7 Å². The van der Waals surface area contributed by atoms with Crippen LogP contribution >= 0.6 is 7.82 Å². The largest absolute Gasteiger partial charge is 0.474 e. The molecule has 3 N–H and O–H groups in total. The lowest BCUT2D eigenvalue weighted by molar-refractivity contribution is -0.137. The molecule has 0 aliphatic carbocycles. The standard InChI is InChI=1S/C28H35F2N4O8P/c1-4-40-43(38,41-5-2)42-18-24(36)14-23(34(19(3)35)32-16-22-11-8-12-25(29)27(22)30)17-39-28(37)33-26-13-20-9-6-7-10-21(20)15-31-26/h6-13,15,23-24,32,36H,4-5,14,16-18H2,1-3H3,(H,31,33,37)/t23-,24+/m0/s1. The van der Waals surface area contributed by atoms with E-state index in [-0.39, 0.29) is 37.6 Å². The fraction of sp³-hybridized carbons (Fsp3) is 0.393. The number of aliphatic hydroxyl groups is 1. The highest BCUT2D eigenvalue weighted by molar-refractivity contribution is 7.48. The van der Waals surface area contributed by atoms with Crippen LogP contribution in [0.5, 0.6) is 0 Å². The molecule has 2 aromatic carbocycles. The lowest BCUT2D eigenvalue weighted by Gasteiger charge is -2.32. The van der Waals surface area contributed by atoms with Gasteiger partial charge < -0.3 is 9.84 Å². The van der Waals surface area contributed by atoms with Crippen molar-refractivity contribution in [1.29, 1.82) is 0 Å². The Labute approximate surface area is 247 Å². The minimum Gasteiger partial charge on any atom is -0.447 e. The number of benzene rings is 2. The van der Waals surface area contributed by atoms with E-state index in [0.29, 0.717) is 0 Å². The van der Waals surface area contributed by atoms with Gasteiger partial charge in [-0.3, -0.25) is 28.7 Å². The van der Waals surface area contributed by atoms with Crippen LogP contribution in [0.1, 0.15) is 32.8 Å². The van der Waals surface area contributed by atoms with Gasteiger partial charge in [-0.1, -0.05) is 36.4 Å². The first-order valence-electron chi connectivity index (χ1n) is 13.5. The molecule has 0 saturated heterocycles. The van der Waals surface area contributed by atoms with Gasteiger partial charge in [0.05, 0.1) is 32.0 Å². The molecule has 234 valence electrons. The molecule has 2 amide bonds. The first kappa shape index (κ1) is 34.0. The minimum absolute atomic E-state index is 0.0314.